The Hall–Kier alpha value is -1.60. The number of carboxylic acid groups (broad SMARTS) is 2. The van der Waals surface area contributed by atoms with Crippen LogP contribution in [0, 0.1) is 0 Å². The van der Waals surface area contributed by atoms with E-state index >= 15 is 0 Å². The highest BCUT2D eigenvalue weighted by molar-refractivity contribution is 6.35. The Morgan fingerprint density at radius 2 is 1.78 bits per heavy atom. The van der Waals surface area contributed by atoms with Gasteiger partial charge in [-0.1, -0.05) is 36.2 Å². The fraction of sp³-hybridized carbons (Fsp3) is 0.474. The monoisotopic (exact) mass is 416 g/mol. The third-order valence-corrected chi connectivity index (χ3v) is 4.68. The van der Waals surface area contributed by atoms with Gasteiger partial charge >= 0.3 is 11.9 Å². The highest BCUT2D eigenvalue weighted by atomic mass is 35.5. The molecule has 1 aromatic rings. The number of piperidine rings is 1. The molecule has 1 fully saturated rings. The van der Waals surface area contributed by atoms with Crippen LogP contribution < -0.4 is 5.32 Å². The van der Waals surface area contributed by atoms with Crippen molar-refractivity contribution < 1.29 is 19.8 Å². The van der Waals surface area contributed by atoms with Gasteiger partial charge in [0.15, 0.2) is 0 Å². The lowest BCUT2D eigenvalue weighted by Crippen LogP contribution is -2.43. The van der Waals surface area contributed by atoms with Crippen LogP contribution in [-0.2, 0) is 16.1 Å². The number of halogens is 2. The van der Waals surface area contributed by atoms with Gasteiger partial charge in [-0.2, -0.15) is 0 Å². The Balaban J connectivity index is 0.000000387. The second kappa shape index (κ2) is 12.7. The average molecular weight is 417 g/mol. The van der Waals surface area contributed by atoms with E-state index < -0.39 is 11.9 Å². The number of carboxylic acids is 2. The first kappa shape index (κ1) is 23.4. The summed E-state index contributed by atoms with van der Waals surface area (Å²) >= 11 is 12.2. The maximum atomic E-state index is 9.55. The molecule has 1 heterocycles. The minimum absolute atomic E-state index is 0.558. The van der Waals surface area contributed by atoms with Crippen molar-refractivity contribution in [2.45, 2.75) is 38.8 Å². The molecule has 1 aromatic carbocycles. The molecule has 2 rings (SSSR count). The van der Waals surface area contributed by atoms with Gasteiger partial charge in [0.25, 0.3) is 0 Å². The predicted octanol–water partition coefficient (Wildman–Crippen LogP) is 3.67. The normalized spacial score (nSPS) is 14.8. The first-order valence-corrected chi connectivity index (χ1v) is 9.61. The molecule has 1 saturated heterocycles. The van der Waals surface area contributed by atoms with Gasteiger partial charge in [-0.25, -0.2) is 9.59 Å². The minimum atomic E-state index is -1.26. The highest BCUT2D eigenvalue weighted by Crippen LogP contribution is 2.24. The molecule has 0 unspecified atom stereocenters. The third-order valence-electron chi connectivity index (χ3n) is 4.09. The van der Waals surface area contributed by atoms with Crippen LogP contribution in [0.4, 0.5) is 0 Å². The first-order chi connectivity index (χ1) is 12.8. The van der Waals surface area contributed by atoms with Gasteiger partial charge < -0.3 is 15.5 Å². The maximum absolute atomic E-state index is 9.55. The van der Waals surface area contributed by atoms with Gasteiger partial charge in [0.05, 0.1) is 0 Å². The van der Waals surface area contributed by atoms with E-state index in [-0.39, 0.29) is 0 Å². The minimum Gasteiger partial charge on any atom is -0.478 e. The van der Waals surface area contributed by atoms with Crippen molar-refractivity contribution in [3.63, 3.8) is 0 Å². The fourth-order valence-electron chi connectivity index (χ4n) is 2.86. The molecule has 0 aromatic heterocycles. The van der Waals surface area contributed by atoms with Gasteiger partial charge in [-0.05, 0) is 56.6 Å². The Bertz CT molecular complexity index is 631. The molecule has 0 radical (unpaired) electrons. The van der Waals surface area contributed by atoms with E-state index in [1.807, 2.05) is 12.1 Å². The highest BCUT2D eigenvalue weighted by Gasteiger charge is 2.21. The van der Waals surface area contributed by atoms with Crippen LogP contribution in [0.3, 0.4) is 0 Å². The predicted molar refractivity (Wildman–Crippen MR) is 107 cm³/mol. The number of aliphatic carboxylic acids is 2. The van der Waals surface area contributed by atoms with Gasteiger partial charge in [-0.3, -0.25) is 4.90 Å². The van der Waals surface area contributed by atoms with Crippen molar-refractivity contribution in [3.05, 3.63) is 46.0 Å². The molecule has 3 N–H and O–H groups in total. The molecule has 1 aliphatic rings. The SMILES string of the molecule is CCCN(Cc1ccc(Cl)cc1Cl)C1CCNCC1.O=C(O)C=CC(=O)O. The van der Waals surface area contributed by atoms with Crippen LogP contribution in [0.15, 0.2) is 30.4 Å². The van der Waals surface area contributed by atoms with E-state index in [2.05, 4.69) is 23.2 Å². The number of benzene rings is 1. The molecule has 27 heavy (non-hydrogen) atoms. The molecule has 0 atom stereocenters. The number of nitrogens with zero attached hydrogens (tertiary/aromatic N) is 1. The smallest absolute Gasteiger partial charge is 0.328 e. The Morgan fingerprint density at radius 3 is 2.26 bits per heavy atom. The van der Waals surface area contributed by atoms with Gasteiger partial charge in [0.1, 0.15) is 0 Å². The summed E-state index contributed by atoms with van der Waals surface area (Å²) in [7, 11) is 0. The van der Waals surface area contributed by atoms with Crippen molar-refractivity contribution in [2.24, 2.45) is 0 Å². The summed E-state index contributed by atoms with van der Waals surface area (Å²) in [5.41, 5.74) is 1.18. The van der Waals surface area contributed by atoms with Crippen LogP contribution in [0.5, 0.6) is 0 Å². The molecule has 0 aliphatic carbocycles. The van der Waals surface area contributed by atoms with Crippen LogP contribution >= 0.6 is 23.2 Å². The second-order valence-corrected chi connectivity index (χ2v) is 7.04. The van der Waals surface area contributed by atoms with Crippen LogP contribution in [0.2, 0.25) is 10.0 Å². The van der Waals surface area contributed by atoms with E-state index in [9.17, 15) is 9.59 Å². The average Bonchev–Trinajstić information content (AvgIpc) is 2.63. The molecule has 6 nitrogen and oxygen atoms in total. The fourth-order valence-corrected chi connectivity index (χ4v) is 3.33. The Morgan fingerprint density at radius 1 is 1.19 bits per heavy atom. The molecule has 0 saturated carbocycles. The Labute approximate surface area is 169 Å². The molecular formula is C19H26Cl2N2O4. The molecule has 0 amide bonds. The molecule has 1 aliphatic heterocycles. The molecular weight excluding hydrogens is 391 g/mol. The summed E-state index contributed by atoms with van der Waals surface area (Å²) in [6.45, 7) is 6.54. The van der Waals surface area contributed by atoms with Gasteiger partial charge in [-0.15, -0.1) is 0 Å². The third kappa shape index (κ3) is 9.77. The van der Waals surface area contributed by atoms with E-state index in [1.165, 1.54) is 24.8 Å². The standard InChI is InChI=1S/C15H22Cl2N2.C4H4O4/c1-2-9-19(14-5-7-18-8-6-14)11-12-3-4-13(16)10-15(12)17;5-3(6)1-2-4(7)8/h3-4,10,14,18H,2,5-9,11H2,1H3;1-2H,(H,5,6)(H,7,8). The lowest BCUT2D eigenvalue weighted by atomic mass is 10.0. The second-order valence-electron chi connectivity index (χ2n) is 6.20. The molecule has 150 valence electrons. The van der Waals surface area contributed by atoms with Crippen molar-refractivity contribution in [1.82, 2.24) is 10.2 Å². The summed E-state index contributed by atoms with van der Waals surface area (Å²) < 4.78 is 0. The zero-order chi connectivity index (χ0) is 20.2. The topological polar surface area (TPSA) is 89.9 Å². The number of hydrogen-bond donors (Lipinski definition) is 3. The number of rotatable bonds is 7. The van der Waals surface area contributed by atoms with E-state index in [1.54, 1.807) is 0 Å². The maximum Gasteiger partial charge on any atom is 0.328 e. The van der Waals surface area contributed by atoms with Crippen molar-refractivity contribution >= 4 is 35.1 Å². The summed E-state index contributed by atoms with van der Waals surface area (Å²) in [6, 6.07) is 6.49. The zero-order valence-electron chi connectivity index (χ0n) is 15.3. The van der Waals surface area contributed by atoms with E-state index in [4.69, 9.17) is 33.4 Å². The van der Waals surface area contributed by atoms with Crippen molar-refractivity contribution in [3.8, 4) is 0 Å². The van der Waals surface area contributed by atoms with Crippen LogP contribution in [0.25, 0.3) is 0 Å². The van der Waals surface area contributed by atoms with Crippen LogP contribution in [-0.4, -0.2) is 52.7 Å². The zero-order valence-corrected chi connectivity index (χ0v) is 16.8. The summed E-state index contributed by atoms with van der Waals surface area (Å²) in [6.07, 6.45) is 4.75. The van der Waals surface area contributed by atoms with Gasteiger partial charge in [0, 0.05) is 34.8 Å². The van der Waals surface area contributed by atoms with Gasteiger partial charge in [0.2, 0.25) is 0 Å². The van der Waals surface area contributed by atoms with E-state index in [0.717, 1.165) is 31.2 Å². The van der Waals surface area contributed by atoms with Crippen molar-refractivity contribution in [1.29, 1.82) is 0 Å². The molecule has 0 spiro atoms. The molecule has 0 bridgehead atoms. The number of hydrogen-bond acceptors (Lipinski definition) is 4. The molecule has 8 heteroatoms. The van der Waals surface area contributed by atoms with E-state index in [0.29, 0.717) is 23.2 Å². The van der Waals surface area contributed by atoms with Crippen molar-refractivity contribution in [2.75, 3.05) is 19.6 Å². The first-order valence-electron chi connectivity index (χ1n) is 8.86. The number of nitrogens with one attached hydrogen (secondary N) is 1. The lowest BCUT2D eigenvalue weighted by molar-refractivity contribution is -0.134. The summed E-state index contributed by atoms with van der Waals surface area (Å²) in [5, 5.41) is 20.5. The quantitative estimate of drug-likeness (QED) is 0.587. The lowest BCUT2D eigenvalue weighted by Gasteiger charge is -2.34. The van der Waals surface area contributed by atoms with Crippen LogP contribution in [0.1, 0.15) is 31.7 Å². The largest absolute Gasteiger partial charge is 0.478 e. The number of carbonyl (C=O) groups is 2. The summed E-state index contributed by atoms with van der Waals surface area (Å²) in [5.74, 6) is -2.51. The summed E-state index contributed by atoms with van der Waals surface area (Å²) in [4.78, 5) is 21.7. The Kier molecular flexibility index (Phi) is 11.0.